The van der Waals surface area contributed by atoms with Crippen LogP contribution < -0.4 is 5.32 Å². The zero-order valence-electron chi connectivity index (χ0n) is 9.80. The summed E-state index contributed by atoms with van der Waals surface area (Å²) >= 11 is 0. The smallest absolute Gasteiger partial charge is 0.326 e. The van der Waals surface area contributed by atoms with Gasteiger partial charge in [-0.2, -0.15) is 0 Å². The molecule has 0 aromatic rings. The molecule has 2 heterocycles. The Morgan fingerprint density at radius 3 is 2.65 bits per heavy atom. The number of carbonyl (C=O) groups is 2. The van der Waals surface area contributed by atoms with Gasteiger partial charge in [-0.1, -0.05) is 0 Å². The van der Waals surface area contributed by atoms with Gasteiger partial charge in [0.15, 0.2) is 0 Å². The number of carboxylic acids is 1. The molecule has 1 amide bonds. The first kappa shape index (κ1) is 12.3. The van der Waals surface area contributed by atoms with E-state index in [-0.39, 0.29) is 30.8 Å². The number of rotatable bonds is 2. The summed E-state index contributed by atoms with van der Waals surface area (Å²) in [5.41, 5.74) is 0. The van der Waals surface area contributed by atoms with Crippen molar-refractivity contribution in [3.05, 3.63) is 0 Å². The zero-order valence-corrected chi connectivity index (χ0v) is 9.80. The third-order valence-corrected chi connectivity index (χ3v) is 3.69. The van der Waals surface area contributed by atoms with Crippen LogP contribution in [0.1, 0.15) is 19.8 Å². The van der Waals surface area contributed by atoms with Gasteiger partial charge in [-0.25, -0.2) is 4.79 Å². The van der Waals surface area contributed by atoms with Crippen LogP contribution in [0.3, 0.4) is 0 Å². The van der Waals surface area contributed by atoms with E-state index in [0.29, 0.717) is 0 Å². The topological polar surface area (TPSA) is 89.9 Å². The van der Waals surface area contributed by atoms with Crippen LogP contribution in [-0.4, -0.2) is 58.3 Å². The summed E-state index contributed by atoms with van der Waals surface area (Å²) in [5.74, 6) is -1.35. The van der Waals surface area contributed by atoms with Crippen molar-refractivity contribution in [3.63, 3.8) is 0 Å². The molecular weight excluding hydrogens is 224 g/mol. The number of likely N-dealkylation sites (tertiary alicyclic amines) is 1. The molecule has 2 aliphatic rings. The summed E-state index contributed by atoms with van der Waals surface area (Å²) in [5, 5.41) is 21.7. The van der Waals surface area contributed by atoms with E-state index in [4.69, 9.17) is 5.11 Å². The lowest BCUT2D eigenvalue weighted by molar-refractivity contribution is -0.150. The van der Waals surface area contributed by atoms with Gasteiger partial charge >= 0.3 is 5.97 Å². The Labute approximate surface area is 99.6 Å². The average molecular weight is 242 g/mol. The van der Waals surface area contributed by atoms with Crippen molar-refractivity contribution in [2.45, 2.75) is 38.0 Å². The number of nitrogens with one attached hydrogen (secondary N) is 1. The van der Waals surface area contributed by atoms with Crippen LogP contribution in [0.4, 0.5) is 0 Å². The Morgan fingerprint density at radius 1 is 1.41 bits per heavy atom. The number of amides is 1. The molecule has 2 rings (SSSR count). The number of nitrogens with zero attached hydrogens (tertiary/aromatic N) is 1. The van der Waals surface area contributed by atoms with Crippen LogP contribution in [0.5, 0.6) is 0 Å². The second-order valence-corrected chi connectivity index (χ2v) is 4.87. The molecule has 0 aromatic heterocycles. The molecule has 4 atom stereocenters. The number of β-amino-alcohol motifs (C(OH)–C–C–N with tert-alkyl or cyclic N) is 1. The summed E-state index contributed by atoms with van der Waals surface area (Å²) in [4.78, 5) is 24.6. The van der Waals surface area contributed by atoms with E-state index in [0.717, 1.165) is 13.0 Å². The van der Waals surface area contributed by atoms with E-state index in [2.05, 4.69) is 5.32 Å². The highest BCUT2D eigenvalue weighted by Gasteiger charge is 2.43. The highest BCUT2D eigenvalue weighted by Crippen LogP contribution is 2.25. The maximum absolute atomic E-state index is 12.2. The molecule has 2 saturated heterocycles. The van der Waals surface area contributed by atoms with Crippen molar-refractivity contribution >= 4 is 11.9 Å². The first-order valence-electron chi connectivity index (χ1n) is 5.95. The molecule has 0 aromatic carbocycles. The molecule has 0 spiro atoms. The summed E-state index contributed by atoms with van der Waals surface area (Å²) in [6.07, 6.45) is 0.152. The van der Waals surface area contributed by atoms with Crippen LogP contribution in [0, 0.1) is 5.92 Å². The Balaban J connectivity index is 2.10. The summed E-state index contributed by atoms with van der Waals surface area (Å²) < 4.78 is 0. The van der Waals surface area contributed by atoms with Gasteiger partial charge in [-0.15, -0.1) is 0 Å². The lowest BCUT2D eigenvalue weighted by Crippen LogP contribution is -2.45. The third kappa shape index (κ3) is 2.28. The molecule has 0 bridgehead atoms. The van der Waals surface area contributed by atoms with E-state index >= 15 is 0 Å². The van der Waals surface area contributed by atoms with Gasteiger partial charge in [0.2, 0.25) is 5.91 Å². The van der Waals surface area contributed by atoms with E-state index in [1.807, 2.05) is 6.92 Å². The number of aliphatic carboxylic acids is 1. The molecule has 2 aliphatic heterocycles. The fourth-order valence-corrected chi connectivity index (χ4v) is 2.70. The van der Waals surface area contributed by atoms with E-state index in [1.54, 1.807) is 0 Å². The third-order valence-electron chi connectivity index (χ3n) is 3.69. The fraction of sp³-hybridized carbons (Fsp3) is 0.818. The Kier molecular flexibility index (Phi) is 3.35. The molecule has 2 fully saturated rings. The molecule has 96 valence electrons. The summed E-state index contributed by atoms with van der Waals surface area (Å²) in [6, 6.07) is -0.792. The zero-order chi connectivity index (χ0) is 12.6. The maximum Gasteiger partial charge on any atom is 0.326 e. The Hall–Kier alpha value is -1.14. The quantitative estimate of drug-likeness (QED) is 0.580. The van der Waals surface area contributed by atoms with Crippen molar-refractivity contribution in [2.24, 2.45) is 5.92 Å². The summed E-state index contributed by atoms with van der Waals surface area (Å²) in [6.45, 7) is 2.85. The number of carboxylic acid groups (broad SMARTS) is 1. The second-order valence-electron chi connectivity index (χ2n) is 4.87. The largest absolute Gasteiger partial charge is 0.480 e. The van der Waals surface area contributed by atoms with Crippen molar-refractivity contribution in [1.29, 1.82) is 0 Å². The highest BCUT2D eigenvalue weighted by molar-refractivity contribution is 5.86. The minimum Gasteiger partial charge on any atom is -0.480 e. The lowest BCUT2D eigenvalue weighted by Gasteiger charge is -2.26. The molecule has 6 heteroatoms. The highest BCUT2D eigenvalue weighted by atomic mass is 16.4. The molecule has 0 saturated carbocycles. The van der Waals surface area contributed by atoms with Crippen LogP contribution >= 0.6 is 0 Å². The normalized spacial score (nSPS) is 37.4. The molecular formula is C11H18N2O4. The first-order chi connectivity index (χ1) is 8.00. The van der Waals surface area contributed by atoms with Gasteiger partial charge in [0.1, 0.15) is 6.04 Å². The molecule has 0 radical (unpaired) electrons. The van der Waals surface area contributed by atoms with Gasteiger partial charge in [0, 0.05) is 19.0 Å². The van der Waals surface area contributed by atoms with Gasteiger partial charge in [-0.3, -0.25) is 4.79 Å². The number of hydrogen-bond donors (Lipinski definition) is 3. The Morgan fingerprint density at radius 2 is 2.12 bits per heavy atom. The van der Waals surface area contributed by atoms with Crippen LogP contribution in [0.2, 0.25) is 0 Å². The molecule has 2 unspecified atom stereocenters. The standard InChI is InChI=1S/C11H18N2O4/c1-6-8(2-3-12-6)10(15)13-5-7(14)4-9(13)11(16)17/h6-9,12,14H,2-5H2,1H3,(H,16,17)/t6?,7-,8?,9-/m1/s1. The van der Waals surface area contributed by atoms with Crippen LogP contribution in [0.15, 0.2) is 0 Å². The Bertz CT molecular complexity index is 333. The van der Waals surface area contributed by atoms with E-state index < -0.39 is 18.1 Å². The van der Waals surface area contributed by atoms with Crippen LogP contribution in [-0.2, 0) is 9.59 Å². The maximum atomic E-state index is 12.2. The first-order valence-corrected chi connectivity index (χ1v) is 5.95. The predicted molar refractivity (Wildman–Crippen MR) is 59.3 cm³/mol. The lowest BCUT2D eigenvalue weighted by atomic mass is 10.00. The van der Waals surface area contributed by atoms with Gasteiger partial charge in [0.05, 0.1) is 12.0 Å². The summed E-state index contributed by atoms with van der Waals surface area (Å²) in [7, 11) is 0. The number of aliphatic hydroxyl groups is 1. The molecule has 6 nitrogen and oxygen atoms in total. The van der Waals surface area contributed by atoms with Gasteiger partial charge < -0.3 is 20.4 Å². The van der Waals surface area contributed by atoms with E-state index in [9.17, 15) is 14.7 Å². The SMILES string of the molecule is CC1NCCC1C(=O)N1C[C@H](O)C[C@@H]1C(=O)O. The predicted octanol–water partition coefficient (Wildman–Crippen LogP) is -0.969. The van der Waals surface area contributed by atoms with E-state index in [1.165, 1.54) is 4.90 Å². The number of aliphatic hydroxyl groups excluding tert-OH is 1. The van der Waals surface area contributed by atoms with Gasteiger partial charge in [0.25, 0.3) is 0 Å². The molecule has 17 heavy (non-hydrogen) atoms. The second kappa shape index (κ2) is 4.62. The fourth-order valence-electron chi connectivity index (χ4n) is 2.70. The molecule has 0 aliphatic carbocycles. The van der Waals surface area contributed by atoms with Crippen molar-refractivity contribution in [1.82, 2.24) is 10.2 Å². The number of carbonyl (C=O) groups excluding carboxylic acids is 1. The van der Waals surface area contributed by atoms with Crippen molar-refractivity contribution < 1.29 is 19.8 Å². The molecule has 3 N–H and O–H groups in total. The van der Waals surface area contributed by atoms with Crippen LogP contribution in [0.25, 0.3) is 0 Å². The average Bonchev–Trinajstić information content (AvgIpc) is 2.83. The minimum atomic E-state index is -1.03. The minimum absolute atomic E-state index is 0.0784. The number of hydrogen-bond acceptors (Lipinski definition) is 4. The van der Waals surface area contributed by atoms with Gasteiger partial charge in [-0.05, 0) is 19.9 Å². The van der Waals surface area contributed by atoms with Crippen molar-refractivity contribution in [3.8, 4) is 0 Å². The monoisotopic (exact) mass is 242 g/mol. The van der Waals surface area contributed by atoms with Crippen molar-refractivity contribution in [2.75, 3.05) is 13.1 Å².